The van der Waals surface area contributed by atoms with Gasteiger partial charge in [-0.05, 0) is 11.6 Å². The van der Waals surface area contributed by atoms with Gasteiger partial charge in [0.05, 0.1) is 11.9 Å². The molecule has 0 aliphatic carbocycles. The zero-order valence-corrected chi connectivity index (χ0v) is 7.88. The van der Waals surface area contributed by atoms with Crippen LogP contribution >= 0.6 is 0 Å². The van der Waals surface area contributed by atoms with Crippen LogP contribution in [0.25, 0.3) is 11.1 Å². The summed E-state index contributed by atoms with van der Waals surface area (Å²) in [6.45, 7) is 0. The lowest BCUT2D eigenvalue weighted by atomic mass is 10.0. The summed E-state index contributed by atoms with van der Waals surface area (Å²) >= 11 is 0. The lowest BCUT2D eigenvalue weighted by Crippen LogP contribution is -1.90. The third kappa shape index (κ3) is 1.86. The molecule has 0 atom stereocenters. The summed E-state index contributed by atoms with van der Waals surface area (Å²) in [4.78, 5) is 10.4. The first-order valence-corrected chi connectivity index (χ1v) is 4.49. The summed E-state index contributed by atoms with van der Waals surface area (Å²) in [6, 6.07) is 13.7. The highest BCUT2D eigenvalue weighted by molar-refractivity contribution is 5.73. The number of hydrogen-bond donors (Lipinski definition) is 0. The van der Waals surface area contributed by atoms with Crippen molar-refractivity contribution in [3.8, 4) is 11.1 Å². The SMILES string of the molecule is [2H]c1cccc(-c2ccccc2)c1[N+](=O)[O-]. The molecule has 0 saturated carbocycles. The summed E-state index contributed by atoms with van der Waals surface area (Å²) in [5.74, 6) is 0. The minimum Gasteiger partial charge on any atom is -0.258 e. The van der Waals surface area contributed by atoms with Crippen molar-refractivity contribution in [1.29, 1.82) is 0 Å². The van der Waals surface area contributed by atoms with E-state index in [0.29, 0.717) is 5.56 Å². The van der Waals surface area contributed by atoms with E-state index in [1.807, 2.05) is 18.2 Å². The van der Waals surface area contributed by atoms with Crippen LogP contribution in [0.2, 0.25) is 0 Å². The van der Waals surface area contributed by atoms with Gasteiger partial charge in [0, 0.05) is 6.04 Å². The van der Waals surface area contributed by atoms with Gasteiger partial charge in [-0.1, -0.05) is 42.5 Å². The van der Waals surface area contributed by atoms with E-state index in [2.05, 4.69) is 0 Å². The fourth-order valence-electron chi connectivity index (χ4n) is 1.43. The summed E-state index contributed by atoms with van der Waals surface area (Å²) in [6.07, 6.45) is 0. The number of rotatable bonds is 2. The van der Waals surface area contributed by atoms with Crippen molar-refractivity contribution < 1.29 is 6.29 Å². The fraction of sp³-hybridized carbons (Fsp3) is 0. The molecule has 0 fully saturated rings. The van der Waals surface area contributed by atoms with Crippen LogP contribution in [0.15, 0.2) is 54.6 Å². The Morgan fingerprint density at radius 1 is 1.07 bits per heavy atom. The molecule has 0 unspecified atom stereocenters. The lowest BCUT2D eigenvalue weighted by molar-refractivity contribution is -0.384. The van der Waals surface area contributed by atoms with Crippen LogP contribution < -0.4 is 0 Å². The highest BCUT2D eigenvalue weighted by atomic mass is 16.6. The van der Waals surface area contributed by atoms with E-state index >= 15 is 0 Å². The first kappa shape index (κ1) is 8.17. The van der Waals surface area contributed by atoms with E-state index < -0.39 is 4.92 Å². The lowest BCUT2D eigenvalue weighted by Gasteiger charge is -2.01. The number of nitro benzene ring substituents is 1. The van der Waals surface area contributed by atoms with Gasteiger partial charge in [0.15, 0.2) is 0 Å². The number of para-hydroxylation sites is 1. The van der Waals surface area contributed by atoms with Crippen LogP contribution in [0, 0.1) is 10.1 Å². The molecule has 0 saturated heterocycles. The largest absolute Gasteiger partial charge is 0.277 e. The van der Waals surface area contributed by atoms with E-state index in [9.17, 15) is 10.1 Å². The third-order valence-electron chi connectivity index (χ3n) is 2.10. The number of nitro groups is 1. The normalized spacial score (nSPS) is 10.8. The van der Waals surface area contributed by atoms with Crippen LogP contribution in [0.5, 0.6) is 0 Å². The highest BCUT2D eigenvalue weighted by Crippen LogP contribution is 2.28. The summed E-state index contributed by atoms with van der Waals surface area (Å²) in [7, 11) is 0. The number of hydrogen-bond acceptors (Lipinski definition) is 2. The molecule has 0 radical (unpaired) electrons. The van der Waals surface area contributed by atoms with Crippen molar-refractivity contribution in [3.05, 3.63) is 64.7 Å². The van der Waals surface area contributed by atoms with Gasteiger partial charge in [-0.15, -0.1) is 0 Å². The Balaban J connectivity index is 2.66. The Morgan fingerprint density at radius 2 is 1.73 bits per heavy atom. The standard InChI is InChI=1S/C12H9NO2/c14-13(15)12-9-5-4-8-11(12)10-6-2-1-3-7-10/h1-9H/i9D. The maximum Gasteiger partial charge on any atom is 0.277 e. The predicted octanol–water partition coefficient (Wildman–Crippen LogP) is 3.26. The molecular formula is C12H9NO2. The monoisotopic (exact) mass is 200 g/mol. The molecule has 2 aromatic rings. The van der Waals surface area contributed by atoms with Crippen molar-refractivity contribution in [2.24, 2.45) is 0 Å². The Labute approximate surface area is 88.5 Å². The Kier molecular flexibility index (Phi) is 2.14. The smallest absolute Gasteiger partial charge is 0.258 e. The number of benzene rings is 2. The van der Waals surface area contributed by atoms with Crippen molar-refractivity contribution >= 4 is 5.69 Å². The van der Waals surface area contributed by atoms with Crippen molar-refractivity contribution in [1.82, 2.24) is 0 Å². The molecule has 0 aliphatic rings. The van der Waals surface area contributed by atoms with Gasteiger partial charge in [0.1, 0.15) is 0 Å². The second kappa shape index (κ2) is 3.92. The Hall–Kier alpha value is -2.16. The van der Waals surface area contributed by atoms with Gasteiger partial charge in [0.2, 0.25) is 0 Å². The van der Waals surface area contributed by atoms with Crippen molar-refractivity contribution in [2.45, 2.75) is 0 Å². The fourth-order valence-corrected chi connectivity index (χ4v) is 1.43. The topological polar surface area (TPSA) is 43.1 Å². The average molecular weight is 200 g/mol. The van der Waals surface area contributed by atoms with E-state index in [1.165, 1.54) is 6.07 Å². The first-order chi connectivity index (χ1) is 7.70. The molecule has 2 aromatic carbocycles. The van der Waals surface area contributed by atoms with Crippen LogP contribution in [0.1, 0.15) is 1.37 Å². The molecule has 74 valence electrons. The molecule has 0 bridgehead atoms. The molecule has 0 aromatic heterocycles. The van der Waals surface area contributed by atoms with Crippen LogP contribution in [-0.4, -0.2) is 4.92 Å². The maximum atomic E-state index is 10.9. The minimum atomic E-state index is -0.509. The molecule has 0 heterocycles. The van der Waals surface area contributed by atoms with Crippen LogP contribution in [0.4, 0.5) is 5.69 Å². The van der Waals surface area contributed by atoms with E-state index in [4.69, 9.17) is 1.37 Å². The second-order valence-electron chi connectivity index (χ2n) is 3.06. The molecule has 3 heteroatoms. The molecule has 15 heavy (non-hydrogen) atoms. The summed E-state index contributed by atoms with van der Waals surface area (Å²) in [5.41, 5.74) is 1.09. The Morgan fingerprint density at radius 3 is 2.40 bits per heavy atom. The average Bonchev–Trinajstić information content (AvgIpc) is 2.29. The minimum absolute atomic E-state index is 0.0636. The predicted molar refractivity (Wildman–Crippen MR) is 58.5 cm³/mol. The molecule has 0 spiro atoms. The molecule has 3 nitrogen and oxygen atoms in total. The molecular weight excluding hydrogens is 190 g/mol. The van der Waals surface area contributed by atoms with E-state index in [-0.39, 0.29) is 11.7 Å². The van der Waals surface area contributed by atoms with E-state index in [0.717, 1.165) is 5.56 Å². The number of nitrogens with zero attached hydrogens (tertiary/aromatic N) is 1. The first-order valence-electron chi connectivity index (χ1n) is 4.99. The Bertz CT molecular complexity index is 526. The zero-order valence-electron chi connectivity index (χ0n) is 8.88. The second-order valence-corrected chi connectivity index (χ2v) is 3.06. The van der Waals surface area contributed by atoms with Gasteiger partial charge in [-0.25, -0.2) is 0 Å². The maximum absolute atomic E-state index is 10.9. The van der Waals surface area contributed by atoms with Gasteiger partial charge in [0.25, 0.3) is 5.69 Å². The third-order valence-corrected chi connectivity index (χ3v) is 2.10. The van der Waals surface area contributed by atoms with Gasteiger partial charge < -0.3 is 0 Å². The summed E-state index contributed by atoms with van der Waals surface area (Å²) in [5, 5.41) is 10.9. The van der Waals surface area contributed by atoms with Crippen LogP contribution in [-0.2, 0) is 0 Å². The zero-order chi connectivity index (χ0) is 11.5. The van der Waals surface area contributed by atoms with Gasteiger partial charge in [-0.3, -0.25) is 10.1 Å². The van der Waals surface area contributed by atoms with Gasteiger partial charge >= 0.3 is 0 Å². The quantitative estimate of drug-likeness (QED) is 0.551. The molecule has 0 N–H and O–H groups in total. The summed E-state index contributed by atoms with van der Waals surface area (Å²) < 4.78 is 7.55. The highest BCUT2D eigenvalue weighted by Gasteiger charge is 2.12. The molecule has 0 amide bonds. The van der Waals surface area contributed by atoms with Crippen molar-refractivity contribution in [2.75, 3.05) is 0 Å². The van der Waals surface area contributed by atoms with Crippen LogP contribution in [0.3, 0.4) is 0 Å². The molecule has 0 aliphatic heterocycles. The molecule has 2 rings (SSSR count). The van der Waals surface area contributed by atoms with Gasteiger partial charge in [-0.2, -0.15) is 0 Å². The van der Waals surface area contributed by atoms with E-state index in [1.54, 1.807) is 24.3 Å². The van der Waals surface area contributed by atoms with Crippen molar-refractivity contribution in [3.63, 3.8) is 0 Å².